The van der Waals surface area contributed by atoms with Crippen molar-refractivity contribution in [3.8, 4) is 5.75 Å². The zero-order chi connectivity index (χ0) is 29.4. The fourth-order valence-corrected chi connectivity index (χ4v) is 5.79. The van der Waals surface area contributed by atoms with Crippen LogP contribution in [0.4, 0.5) is 5.69 Å². The number of carbonyl (C=O) groups is 2. The third-order valence-electron chi connectivity index (χ3n) is 6.47. The van der Waals surface area contributed by atoms with Crippen molar-refractivity contribution in [2.45, 2.75) is 51.6 Å². The van der Waals surface area contributed by atoms with Crippen LogP contribution in [0.25, 0.3) is 0 Å². The van der Waals surface area contributed by atoms with Crippen LogP contribution in [-0.4, -0.2) is 51.4 Å². The van der Waals surface area contributed by atoms with E-state index in [4.69, 9.17) is 4.74 Å². The molecule has 8 nitrogen and oxygen atoms in total. The van der Waals surface area contributed by atoms with E-state index >= 15 is 0 Å². The molecule has 1 atom stereocenters. The van der Waals surface area contributed by atoms with Crippen LogP contribution in [0, 0.1) is 13.8 Å². The maximum absolute atomic E-state index is 14.0. The van der Waals surface area contributed by atoms with Gasteiger partial charge < -0.3 is 15.0 Å². The lowest BCUT2D eigenvalue weighted by Crippen LogP contribution is -2.51. The lowest BCUT2D eigenvalue weighted by molar-refractivity contribution is -0.139. The first-order valence-electron chi connectivity index (χ1n) is 13.0. The molecule has 3 aromatic carbocycles. The van der Waals surface area contributed by atoms with Gasteiger partial charge in [0.1, 0.15) is 18.3 Å². The Morgan fingerprint density at radius 2 is 1.60 bits per heavy atom. The third kappa shape index (κ3) is 7.63. The van der Waals surface area contributed by atoms with Gasteiger partial charge in [-0.25, -0.2) is 8.42 Å². The second kappa shape index (κ2) is 13.8. The molecule has 40 heavy (non-hydrogen) atoms. The van der Waals surface area contributed by atoms with Crippen molar-refractivity contribution < 1.29 is 22.7 Å². The number of amides is 2. The molecule has 0 saturated heterocycles. The van der Waals surface area contributed by atoms with Gasteiger partial charge in [0.05, 0.1) is 17.7 Å². The molecule has 0 radical (unpaired) electrons. The minimum absolute atomic E-state index is 0.0441. The highest BCUT2D eigenvalue weighted by Gasteiger charge is 2.33. The van der Waals surface area contributed by atoms with Gasteiger partial charge in [-0.05, 0) is 74.7 Å². The number of sulfonamides is 1. The van der Waals surface area contributed by atoms with Gasteiger partial charge in [0.2, 0.25) is 11.8 Å². The Labute approximate surface area is 245 Å². The summed E-state index contributed by atoms with van der Waals surface area (Å²) >= 11 is 3.42. The highest BCUT2D eigenvalue weighted by Crippen LogP contribution is 2.34. The van der Waals surface area contributed by atoms with Gasteiger partial charge in [-0.2, -0.15) is 0 Å². The zero-order valence-corrected chi connectivity index (χ0v) is 25.9. The summed E-state index contributed by atoms with van der Waals surface area (Å²) in [5.41, 5.74) is 2.74. The number of aryl methyl sites for hydroxylation is 2. The number of halogens is 1. The summed E-state index contributed by atoms with van der Waals surface area (Å²) in [6.07, 6.45) is 0.745. The smallest absolute Gasteiger partial charge is 0.264 e. The Kier molecular flexibility index (Phi) is 10.8. The lowest BCUT2D eigenvalue weighted by atomic mass is 10.1. The van der Waals surface area contributed by atoms with Crippen LogP contribution >= 0.6 is 15.9 Å². The minimum atomic E-state index is -4.19. The minimum Gasteiger partial charge on any atom is -0.495 e. The second-order valence-corrected chi connectivity index (χ2v) is 12.4. The molecule has 0 aliphatic heterocycles. The number of rotatable bonds is 12. The van der Waals surface area contributed by atoms with Crippen molar-refractivity contribution in [2.75, 3.05) is 24.5 Å². The highest BCUT2D eigenvalue weighted by atomic mass is 79.9. The standard InChI is InChI=1S/C30H36BrN3O5S/c1-6-17-32-30(36)23(4)33(19-24-10-12-25(31)13-11-24)29(35)20-34(27-18-22(3)9-16-28(27)39-5)40(37,38)26-14-7-21(2)8-15-26/h7-16,18,23H,6,17,19-20H2,1-5H3,(H,32,36)/t23-/m1/s1. The number of hydrogen-bond donors (Lipinski definition) is 1. The molecule has 214 valence electrons. The number of anilines is 1. The van der Waals surface area contributed by atoms with Gasteiger partial charge in [0, 0.05) is 17.6 Å². The lowest BCUT2D eigenvalue weighted by Gasteiger charge is -2.32. The first-order valence-corrected chi connectivity index (χ1v) is 15.3. The summed E-state index contributed by atoms with van der Waals surface area (Å²) in [5.74, 6) is -0.531. The molecular formula is C30H36BrN3O5S. The molecule has 0 aromatic heterocycles. The van der Waals surface area contributed by atoms with Crippen molar-refractivity contribution in [1.29, 1.82) is 0 Å². The molecular weight excluding hydrogens is 594 g/mol. The van der Waals surface area contributed by atoms with Crippen molar-refractivity contribution in [3.05, 3.63) is 87.9 Å². The molecule has 0 bridgehead atoms. The zero-order valence-electron chi connectivity index (χ0n) is 23.5. The van der Waals surface area contributed by atoms with Crippen molar-refractivity contribution in [3.63, 3.8) is 0 Å². The molecule has 0 aliphatic rings. The number of ether oxygens (including phenoxy) is 1. The Morgan fingerprint density at radius 1 is 0.975 bits per heavy atom. The van der Waals surface area contributed by atoms with Gasteiger partial charge in [-0.3, -0.25) is 13.9 Å². The van der Waals surface area contributed by atoms with E-state index in [2.05, 4.69) is 21.2 Å². The maximum Gasteiger partial charge on any atom is 0.264 e. The van der Waals surface area contributed by atoms with Crippen molar-refractivity contribution >= 4 is 43.5 Å². The van der Waals surface area contributed by atoms with Crippen LogP contribution in [0.5, 0.6) is 5.75 Å². The third-order valence-corrected chi connectivity index (χ3v) is 8.78. The Bertz CT molecular complexity index is 1430. The first-order chi connectivity index (χ1) is 19.0. The predicted octanol–water partition coefficient (Wildman–Crippen LogP) is 5.21. The van der Waals surface area contributed by atoms with E-state index in [-0.39, 0.29) is 23.0 Å². The SMILES string of the molecule is CCCNC(=O)[C@@H](C)N(Cc1ccc(Br)cc1)C(=O)CN(c1cc(C)ccc1OC)S(=O)(=O)c1ccc(C)cc1. The summed E-state index contributed by atoms with van der Waals surface area (Å²) in [5, 5.41) is 2.84. The van der Waals surface area contributed by atoms with Gasteiger partial charge in [-0.1, -0.05) is 58.7 Å². The maximum atomic E-state index is 14.0. The molecule has 3 aromatic rings. The molecule has 0 aliphatic carbocycles. The van der Waals surface area contributed by atoms with Crippen LogP contribution in [-0.2, 0) is 26.2 Å². The molecule has 3 rings (SSSR count). The molecule has 0 saturated carbocycles. The number of nitrogens with zero attached hydrogens (tertiary/aromatic N) is 2. The molecule has 2 amide bonds. The molecule has 1 N–H and O–H groups in total. The van der Waals surface area contributed by atoms with E-state index in [0.29, 0.717) is 12.3 Å². The van der Waals surface area contributed by atoms with Crippen LogP contribution in [0.1, 0.15) is 37.0 Å². The molecule has 0 unspecified atom stereocenters. The Balaban J connectivity index is 2.08. The summed E-state index contributed by atoms with van der Waals surface area (Å²) < 4.78 is 35.5. The van der Waals surface area contributed by atoms with E-state index < -0.39 is 28.5 Å². The fourth-order valence-electron chi connectivity index (χ4n) is 4.11. The fraction of sp³-hybridized carbons (Fsp3) is 0.333. The van der Waals surface area contributed by atoms with Crippen LogP contribution in [0.3, 0.4) is 0 Å². The van der Waals surface area contributed by atoms with E-state index in [9.17, 15) is 18.0 Å². The van der Waals surface area contributed by atoms with Gasteiger partial charge >= 0.3 is 0 Å². The Morgan fingerprint density at radius 3 is 2.20 bits per heavy atom. The number of nitrogens with one attached hydrogen (secondary N) is 1. The van der Waals surface area contributed by atoms with Crippen molar-refractivity contribution in [2.24, 2.45) is 0 Å². The van der Waals surface area contributed by atoms with Crippen molar-refractivity contribution in [1.82, 2.24) is 10.2 Å². The number of benzene rings is 3. The average Bonchev–Trinajstić information content (AvgIpc) is 2.93. The highest BCUT2D eigenvalue weighted by molar-refractivity contribution is 9.10. The van der Waals surface area contributed by atoms with E-state index in [0.717, 1.165) is 31.9 Å². The van der Waals surface area contributed by atoms with E-state index in [1.807, 2.05) is 45.0 Å². The summed E-state index contributed by atoms with van der Waals surface area (Å²) in [4.78, 5) is 28.5. The summed E-state index contributed by atoms with van der Waals surface area (Å²) in [6, 6.07) is 18.2. The quantitative estimate of drug-likeness (QED) is 0.297. The largest absolute Gasteiger partial charge is 0.495 e. The summed E-state index contributed by atoms with van der Waals surface area (Å²) in [6.45, 7) is 7.35. The predicted molar refractivity (Wildman–Crippen MR) is 161 cm³/mol. The van der Waals surface area contributed by atoms with Crippen LogP contribution in [0.15, 0.2) is 76.1 Å². The van der Waals surface area contributed by atoms with E-state index in [1.54, 1.807) is 37.3 Å². The van der Waals surface area contributed by atoms with Gasteiger partial charge in [0.15, 0.2) is 0 Å². The Hall–Kier alpha value is -3.37. The first kappa shape index (κ1) is 31.2. The van der Waals surface area contributed by atoms with Gasteiger partial charge in [0.25, 0.3) is 10.0 Å². The topological polar surface area (TPSA) is 96.0 Å². The second-order valence-electron chi connectivity index (χ2n) is 9.62. The van der Waals surface area contributed by atoms with E-state index in [1.165, 1.54) is 24.1 Å². The molecule has 0 heterocycles. The number of carbonyl (C=O) groups excluding carboxylic acids is 2. The normalized spacial score (nSPS) is 11.9. The van der Waals surface area contributed by atoms with Gasteiger partial charge in [-0.15, -0.1) is 0 Å². The van der Waals surface area contributed by atoms with Crippen LogP contribution < -0.4 is 14.4 Å². The number of methoxy groups -OCH3 is 1. The molecule has 0 fully saturated rings. The number of hydrogen-bond acceptors (Lipinski definition) is 5. The monoisotopic (exact) mass is 629 g/mol. The molecule has 0 spiro atoms. The van der Waals surface area contributed by atoms with Crippen LogP contribution in [0.2, 0.25) is 0 Å². The average molecular weight is 631 g/mol. The summed E-state index contributed by atoms with van der Waals surface area (Å²) in [7, 11) is -2.74. The molecule has 10 heteroatoms.